The first-order valence-corrected chi connectivity index (χ1v) is 4.80. The summed E-state index contributed by atoms with van der Waals surface area (Å²) in [5.74, 6) is -0.343. The van der Waals surface area contributed by atoms with Crippen molar-refractivity contribution < 1.29 is 8.81 Å². The number of rotatable bonds is 1. The highest BCUT2D eigenvalue weighted by Gasteiger charge is 2.10. The first kappa shape index (κ1) is 9.90. The van der Waals surface area contributed by atoms with E-state index in [1.54, 1.807) is 0 Å². The van der Waals surface area contributed by atoms with Gasteiger partial charge in [-0.3, -0.25) is 4.79 Å². The second kappa shape index (κ2) is 3.50. The minimum Gasteiger partial charge on any atom is -0.464 e. The minimum absolute atomic E-state index is 0.0777. The van der Waals surface area contributed by atoms with E-state index >= 15 is 0 Å². The molecule has 0 unspecified atom stereocenters. The van der Waals surface area contributed by atoms with Crippen molar-refractivity contribution in [2.75, 3.05) is 0 Å². The Morgan fingerprint density at radius 1 is 1.33 bits per heavy atom. The number of hydrogen-bond donors (Lipinski definition) is 0. The summed E-state index contributed by atoms with van der Waals surface area (Å²) in [6.45, 7) is 3.80. The van der Waals surface area contributed by atoms with Gasteiger partial charge < -0.3 is 4.42 Å². The lowest BCUT2D eigenvalue weighted by Crippen LogP contribution is -2.10. The van der Waals surface area contributed by atoms with Gasteiger partial charge >= 0.3 is 0 Å². The second-order valence-corrected chi connectivity index (χ2v) is 3.82. The number of benzene rings is 1. The molecule has 0 aliphatic rings. The fraction of sp³-hybridized carbons (Fsp3) is 0.250. The maximum Gasteiger partial charge on any atom is 0.196 e. The molecule has 1 aromatic carbocycles. The maximum atomic E-state index is 13.0. The van der Waals surface area contributed by atoms with Crippen molar-refractivity contribution >= 4 is 11.0 Å². The van der Waals surface area contributed by atoms with E-state index < -0.39 is 5.82 Å². The summed E-state index contributed by atoms with van der Waals surface area (Å²) in [5, 5.41) is 0.307. The van der Waals surface area contributed by atoms with Crippen LogP contribution in [0, 0.1) is 5.82 Å². The average molecular weight is 206 g/mol. The molecule has 0 atom stereocenters. The zero-order valence-electron chi connectivity index (χ0n) is 8.58. The lowest BCUT2D eigenvalue weighted by molar-refractivity contribution is 0.581. The van der Waals surface area contributed by atoms with E-state index in [1.165, 1.54) is 24.5 Å². The van der Waals surface area contributed by atoms with Crippen molar-refractivity contribution in [1.29, 1.82) is 0 Å². The van der Waals surface area contributed by atoms with E-state index in [-0.39, 0.29) is 11.3 Å². The quantitative estimate of drug-likeness (QED) is 0.717. The molecule has 0 saturated heterocycles. The molecule has 0 spiro atoms. The van der Waals surface area contributed by atoms with Crippen molar-refractivity contribution in [3.8, 4) is 0 Å². The van der Waals surface area contributed by atoms with Crippen LogP contribution in [0.15, 0.2) is 33.7 Å². The van der Waals surface area contributed by atoms with E-state index in [0.29, 0.717) is 16.5 Å². The van der Waals surface area contributed by atoms with Gasteiger partial charge in [0.2, 0.25) is 0 Å². The van der Waals surface area contributed by atoms with Gasteiger partial charge in [0.05, 0.1) is 11.6 Å². The molecule has 0 saturated carbocycles. The molecule has 3 heteroatoms. The van der Waals surface area contributed by atoms with Crippen LogP contribution in [0.2, 0.25) is 0 Å². The molecule has 0 aliphatic carbocycles. The van der Waals surface area contributed by atoms with Crippen LogP contribution in [0.25, 0.3) is 11.0 Å². The molecular formula is C12H11FO2. The number of fused-ring (bicyclic) bond motifs is 1. The Morgan fingerprint density at radius 2 is 2.07 bits per heavy atom. The Kier molecular flexibility index (Phi) is 2.31. The Balaban J connectivity index is 2.83. The van der Waals surface area contributed by atoms with Gasteiger partial charge in [0, 0.05) is 5.56 Å². The summed E-state index contributed by atoms with van der Waals surface area (Å²) in [5.41, 5.74) is 0.852. The fourth-order valence-electron chi connectivity index (χ4n) is 1.52. The monoisotopic (exact) mass is 206 g/mol. The Hall–Kier alpha value is -1.64. The van der Waals surface area contributed by atoms with Gasteiger partial charge in [-0.25, -0.2) is 4.39 Å². The highest BCUT2D eigenvalue weighted by molar-refractivity contribution is 5.76. The molecule has 2 nitrogen and oxygen atoms in total. The second-order valence-electron chi connectivity index (χ2n) is 3.82. The zero-order valence-corrected chi connectivity index (χ0v) is 8.58. The number of hydrogen-bond acceptors (Lipinski definition) is 2. The van der Waals surface area contributed by atoms with Gasteiger partial charge in [0.15, 0.2) is 5.43 Å². The van der Waals surface area contributed by atoms with Crippen molar-refractivity contribution in [2.24, 2.45) is 0 Å². The molecular weight excluding hydrogens is 195 g/mol. The van der Waals surface area contributed by atoms with Crippen LogP contribution < -0.4 is 5.43 Å². The van der Waals surface area contributed by atoms with Crippen molar-refractivity contribution in [1.82, 2.24) is 0 Å². The molecule has 1 heterocycles. The van der Waals surface area contributed by atoms with Gasteiger partial charge in [-0.2, -0.15) is 0 Å². The molecule has 0 bridgehead atoms. The van der Waals surface area contributed by atoms with Crippen LogP contribution in [0.1, 0.15) is 25.3 Å². The molecule has 1 aromatic heterocycles. The summed E-state index contributed by atoms with van der Waals surface area (Å²) in [4.78, 5) is 11.9. The molecule has 15 heavy (non-hydrogen) atoms. The molecule has 78 valence electrons. The van der Waals surface area contributed by atoms with E-state index in [0.717, 1.165) is 0 Å². The lowest BCUT2D eigenvalue weighted by Gasteiger charge is -2.04. The SMILES string of the molecule is CC(C)c1coc2ccc(F)cc2c1=O. The molecule has 0 N–H and O–H groups in total. The van der Waals surface area contributed by atoms with Gasteiger partial charge in [-0.1, -0.05) is 13.8 Å². The molecule has 2 rings (SSSR count). The summed E-state index contributed by atoms with van der Waals surface area (Å²) >= 11 is 0. The van der Waals surface area contributed by atoms with Crippen molar-refractivity contribution in [3.63, 3.8) is 0 Å². The summed E-state index contributed by atoms with van der Waals surface area (Å²) in [6.07, 6.45) is 1.45. The molecule has 0 aliphatic heterocycles. The summed E-state index contributed by atoms with van der Waals surface area (Å²) in [7, 11) is 0. The largest absolute Gasteiger partial charge is 0.464 e. The van der Waals surface area contributed by atoms with Crippen LogP contribution in [0.4, 0.5) is 4.39 Å². The van der Waals surface area contributed by atoms with E-state index in [4.69, 9.17) is 4.42 Å². The van der Waals surface area contributed by atoms with Gasteiger partial charge in [0.25, 0.3) is 0 Å². The molecule has 0 fully saturated rings. The normalized spacial score (nSPS) is 11.2. The highest BCUT2D eigenvalue weighted by atomic mass is 19.1. The summed E-state index contributed by atoms with van der Waals surface area (Å²) in [6, 6.07) is 3.96. The van der Waals surface area contributed by atoms with Crippen molar-refractivity contribution in [2.45, 2.75) is 19.8 Å². The summed E-state index contributed by atoms with van der Waals surface area (Å²) < 4.78 is 18.2. The average Bonchev–Trinajstić information content (AvgIpc) is 2.19. The minimum atomic E-state index is -0.421. The highest BCUT2D eigenvalue weighted by Crippen LogP contribution is 2.16. The smallest absolute Gasteiger partial charge is 0.196 e. The van der Waals surface area contributed by atoms with Crippen LogP contribution in [-0.2, 0) is 0 Å². The van der Waals surface area contributed by atoms with Gasteiger partial charge in [0.1, 0.15) is 11.4 Å². The van der Waals surface area contributed by atoms with Crippen LogP contribution in [0.3, 0.4) is 0 Å². The van der Waals surface area contributed by atoms with Crippen LogP contribution >= 0.6 is 0 Å². The third-order valence-corrected chi connectivity index (χ3v) is 2.38. The van der Waals surface area contributed by atoms with E-state index in [1.807, 2.05) is 13.8 Å². The number of halogens is 1. The molecule has 2 aromatic rings. The van der Waals surface area contributed by atoms with Gasteiger partial charge in [-0.15, -0.1) is 0 Å². The fourth-order valence-corrected chi connectivity index (χ4v) is 1.52. The third kappa shape index (κ3) is 1.65. The Morgan fingerprint density at radius 3 is 2.73 bits per heavy atom. The van der Waals surface area contributed by atoms with E-state index in [2.05, 4.69) is 0 Å². The first-order valence-electron chi connectivity index (χ1n) is 4.80. The zero-order chi connectivity index (χ0) is 11.0. The standard InChI is InChI=1S/C12H11FO2/c1-7(2)10-6-15-11-4-3-8(13)5-9(11)12(10)14/h3-7H,1-2H3. The van der Waals surface area contributed by atoms with Crippen LogP contribution in [0.5, 0.6) is 0 Å². The Labute approximate surface area is 86.3 Å². The van der Waals surface area contributed by atoms with Gasteiger partial charge in [-0.05, 0) is 24.1 Å². The Bertz CT molecular complexity index is 555. The molecule has 0 radical (unpaired) electrons. The lowest BCUT2D eigenvalue weighted by atomic mass is 10.0. The predicted molar refractivity (Wildman–Crippen MR) is 56.5 cm³/mol. The van der Waals surface area contributed by atoms with E-state index in [9.17, 15) is 9.18 Å². The first-order chi connectivity index (χ1) is 7.09. The topological polar surface area (TPSA) is 30.2 Å². The predicted octanol–water partition coefficient (Wildman–Crippen LogP) is 3.06. The molecule has 0 amide bonds. The van der Waals surface area contributed by atoms with Crippen LogP contribution in [-0.4, -0.2) is 0 Å². The third-order valence-electron chi connectivity index (χ3n) is 2.38. The van der Waals surface area contributed by atoms with Crippen molar-refractivity contribution in [3.05, 3.63) is 46.1 Å². The maximum absolute atomic E-state index is 13.0.